The monoisotopic (exact) mass is 410 g/mol. The number of fused-ring (bicyclic) bond motifs is 1. The number of hydrogen-bond donors (Lipinski definition) is 2. The van der Waals surface area contributed by atoms with E-state index in [-0.39, 0.29) is 34.9 Å². The molecule has 3 rings (SSSR count). The number of ether oxygens (including phenoxy) is 2. The molecule has 7 nitrogen and oxygen atoms in total. The second-order valence-corrected chi connectivity index (χ2v) is 8.41. The maximum absolute atomic E-state index is 12.5. The third kappa shape index (κ3) is 4.52. The van der Waals surface area contributed by atoms with Gasteiger partial charge < -0.3 is 14.8 Å². The van der Waals surface area contributed by atoms with E-state index < -0.39 is 15.9 Å². The molecular formula is C18H19ClN2O5S. The van der Waals surface area contributed by atoms with Crippen LogP contribution in [0.3, 0.4) is 0 Å². The minimum absolute atomic E-state index is 0.0196. The molecule has 0 aromatic heterocycles. The van der Waals surface area contributed by atoms with Crippen LogP contribution in [0.4, 0.5) is 0 Å². The smallest absolute Gasteiger partial charge is 0.253 e. The van der Waals surface area contributed by atoms with E-state index in [9.17, 15) is 13.2 Å². The normalized spacial score (nSPS) is 13.0. The summed E-state index contributed by atoms with van der Waals surface area (Å²) in [5, 5.41) is 2.90. The topological polar surface area (TPSA) is 93.7 Å². The van der Waals surface area contributed by atoms with Gasteiger partial charge in [-0.25, -0.2) is 13.1 Å². The lowest BCUT2D eigenvalue weighted by Crippen LogP contribution is -2.30. The Morgan fingerprint density at radius 2 is 1.89 bits per heavy atom. The van der Waals surface area contributed by atoms with Gasteiger partial charge in [-0.05, 0) is 49.7 Å². The molecule has 0 aliphatic carbocycles. The molecule has 144 valence electrons. The average Bonchev–Trinajstić information content (AvgIpc) is 3.06. The van der Waals surface area contributed by atoms with E-state index in [1.807, 2.05) is 6.07 Å². The second-order valence-electron chi connectivity index (χ2n) is 6.29. The van der Waals surface area contributed by atoms with Gasteiger partial charge in [0.15, 0.2) is 11.5 Å². The van der Waals surface area contributed by atoms with Gasteiger partial charge >= 0.3 is 0 Å². The molecule has 1 aliphatic heterocycles. The van der Waals surface area contributed by atoms with E-state index in [1.165, 1.54) is 18.2 Å². The van der Waals surface area contributed by atoms with E-state index in [4.69, 9.17) is 21.1 Å². The first kappa shape index (κ1) is 19.5. The summed E-state index contributed by atoms with van der Waals surface area (Å²) in [5.74, 6) is 0.801. The Balaban J connectivity index is 1.75. The Hall–Kier alpha value is -2.29. The Bertz CT molecular complexity index is 976. The van der Waals surface area contributed by atoms with Crippen LogP contribution in [0.25, 0.3) is 0 Å². The van der Waals surface area contributed by atoms with Gasteiger partial charge in [0.05, 0.1) is 15.5 Å². The van der Waals surface area contributed by atoms with E-state index in [0.29, 0.717) is 11.5 Å². The molecule has 2 aromatic carbocycles. The third-order valence-electron chi connectivity index (χ3n) is 3.77. The molecule has 2 aromatic rings. The molecule has 27 heavy (non-hydrogen) atoms. The summed E-state index contributed by atoms with van der Waals surface area (Å²) in [6, 6.07) is 9.10. The van der Waals surface area contributed by atoms with Crippen LogP contribution in [0.15, 0.2) is 41.3 Å². The summed E-state index contributed by atoms with van der Waals surface area (Å²) < 4.78 is 37.6. The minimum Gasteiger partial charge on any atom is -0.454 e. The Morgan fingerprint density at radius 1 is 1.15 bits per heavy atom. The molecule has 0 radical (unpaired) electrons. The van der Waals surface area contributed by atoms with Crippen molar-refractivity contribution >= 4 is 27.5 Å². The highest BCUT2D eigenvalue weighted by Crippen LogP contribution is 2.32. The standard InChI is InChI=1S/C18H19ClN2O5S/c1-11(2)21-27(23,24)13-4-5-15(19)14(8-13)18(22)20-9-12-3-6-16-17(7-12)26-10-25-16/h3-8,11,21H,9-10H2,1-2H3,(H,20,22). The van der Waals surface area contributed by atoms with Crippen molar-refractivity contribution in [2.24, 2.45) is 0 Å². The van der Waals surface area contributed by atoms with Gasteiger partial charge in [0.25, 0.3) is 5.91 Å². The van der Waals surface area contributed by atoms with Crippen molar-refractivity contribution in [3.63, 3.8) is 0 Å². The first-order chi connectivity index (χ1) is 12.8. The number of carbonyl (C=O) groups excluding carboxylic acids is 1. The van der Waals surface area contributed by atoms with Gasteiger partial charge in [-0.1, -0.05) is 17.7 Å². The molecule has 1 heterocycles. The molecule has 0 saturated carbocycles. The van der Waals surface area contributed by atoms with Gasteiger partial charge in [-0.3, -0.25) is 4.79 Å². The maximum atomic E-state index is 12.5. The summed E-state index contributed by atoms with van der Waals surface area (Å²) in [7, 11) is -3.73. The Labute approximate surface area is 162 Å². The minimum atomic E-state index is -3.73. The first-order valence-electron chi connectivity index (χ1n) is 8.25. The zero-order chi connectivity index (χ0) is 19.6. The van der Waals surface area contributed by atoms with Crippen LogP contribution < -0.4 is 19.5 Å². The van der Waals surface area contributed by atoms with Crippen molar-refractivity contribution < 1.29 is 22.7 Å². The fourth-order valence-electron chi connectivity index (χ4n) is 2.55. The summed E-state index contributed by atoms with van der Waals surface area (Å²) in [6.07, 6.45) is 0. The van der Waals surface area contributed by atoms with Gasteiger partial charge in [0.2, 0.25) is 16.8 Å². The number of rotatable bonds is 6. The molecule has 1 amide bonds. The zero-order valence-electron chi connectivity index (χ0n) is 14.8. The van der Waals surface area contributed by atoms with Crippen LogP contribution in [0, 0.1) is 0 Å². The quantitative estimate of drug-likeness (QED) is 0.763. The maximum Gasteiger partial charge on any atom is 0.253 e. The van der Waals surface area contributed by atoms with Crippen LogP contribution in [0.5, 0.6) is 11.5 Å². The van der Waals surface area contributed by atoms with Crippen molar-refractivity contribution in [3.05, 3.63) is 52.5 Å². The number of carbonyl (C=O) groups is 1. The zero-order valence-corrected chi connectivity index (χ0v) is 16.4. The van der Waals surface area contributed by atoms with E-state index in [2.05, 4.69) is 10.0 Å². The number of nitrogens with one attached hydrogen (secondary N) is 2. The van der Waals surface area contributed by atoms with Crippen molar-refractivity contribution in [2.45, 2.75) is 31.3 Å². The Morgan fingerprint density at radius 3 is 2.63 bits per heavy atom. The number of amides is 1. The summed E-state index contributed by atoms with van der Waals surface area (Å²) in [5.41, 5.74) is 0.901. The number of benzene rings is 2. The van der Waals surface area contributed by atoms with Crippen LogP contribution in [-0.4, -0.2) is 27.2 Å². The lowest BCUT2D eigenvalue weighted by atomic mass is 10.1. The van der Waals surface area contributed by atoms with Crippen molar-refractivity contribution in [2.75, 3.05) is 6.79 Å². The van der Waals surface area contributed by atoms with Gasteiger partial charge in [-0.15, -0.1) is 0 Å². The Kier molecular flexibility index (Phi) is 5.59. The fourth-order valence-corrected chi connectivity index (χ4v) is 4.03. The number of halogens is 1. The van der Waals surface area contributed by atoms with Crippen molar-refractivity contribution in [1.29, 1.82) is 0 Å². The highest BCUT2D eigenvalue weighted by atomic mass is 35.5. The van der Waals surface area contributed by atoms with E-state index >= 15 is 0 Å². The van der Waals surface area contributed by atoms with Gasteiger partial charge in [-0.2, -0.15) is 0 Å². The summed E-state index contributed by atoms with van der Waals surface area (Å²) in [4.78, 5) is 12.5. The average molecular weight is 411 g/mol. The SMILES string of the molecule is CC(C)NS(=O)(=O)c1ccc(Cl)c(C(=O)NCc2ccc3c(c2)OCO3)c1. The van der Waals surface area contributed by atoms with Gasteiger partial charge in [0, 0.05) is 12.6 Å². The molecule has 0 spiro atoms. The van der Waals surface area contributed by atoms with Crippen LogP contribution >= 0.6 is 11.6 Å². The fraction of sp³-hybridized carbons (Fsp3) is 0.278. The molecular weight excluding hydrogens is 392 g/mol. The molecule has 0 saturated heterocycles. The van der Waals surface area contributed by atoms with Crippen molar-refractivity contribution in [3.8, 4) is 11.5 Å². The molecule has 1 aliphatic rings. The lowest BCUT2D eigenvalue weighted by molar-refractivity contribution is 0.0950. The molecule has 0 atom stereocenters. The predicted molar refractivity (Wildman–Crippen MR) is 101 cm³/mol. The molecule has 2 N–H and O–H groups in total. The third-order valence-corrected chi connectivity index (χ3v) is 5.76. The van der Waals surface area contributed by atoms with Crippen LogP contribution in [0.1, 0.15) is 29.8 Å². The molecule has 0 unspecified atom stereocenters. The van der Waals surface area contributed by atoms with Crippen molar-refractivity contribution in [1.82, 2.24) is 10.0 Å². The highest BCUT2D eigenvalue weighted by Gasteiger charge is 2.20. The second kappa shape index (κ2) is 7.75. The highest BCUT2D eigenvalue weighted by molar-refractivity contribution is 7.89. The largest absolute Gasteiger partial charge is 0.454 e. The van der Waals surface area contributed by atoms with Crippen LogP contribution in [-0.2, 0) is 16.6 Å². The number of sulfonamides is 1. The predicted octanol–water partition coefficient (Wildman–Crippen LogP) is 2.69. The van der Waals surface area contributed by atoms with Crippen LogP contribution in [0.2, 0.25) is 5.02 Å². The number of hydrogen-bond acceptors (Lipinski definition) is 5. The summed E-state index contributed by atoms with van der Waals surface area (Å²) >= 11 is 6.09. The van der Waals surface area contributed by atoms with E-state index in [1.54, 1.807) is 26.0 Å². The molecule has 0 fully saturated rings. The molecule has 9 heteroatoms. The summed E-state index contributed by atoms with van der Waals surface area (Å²) in [6.45, 7) is 3.83. The lowest BCUT2D eigenvalue weighted by Gasteiger charge is -2.12. The van der Waals surface area contributed by atoms with Gasteiger partial charge in [0.1, 0.15) is 0 Å². The van der Waals surface area contributed by atoms with E-state index in [0.717, 1.165) is 5.56 Å². The first-order valence-corrected chi connectivity index (χ1v) is 10.1. The molecule has 0 bridgehead atoms.